The fraction of sp³-hybridized carbons (Fsp3) is 0.536. The molecule has 0 radical (unpaired) electrons. The third-order valence-corrected chi connectivity index (χ3v) is 6.88. The molecule has 2 rings (SSSR count). The molecule has 0 bridgehead atoms. The maximum Gasteiger partial charge on any atom is 0.407 e. The minimum atomic E-state index is -0.524. The van der Waals surface area contributed by atoms with Crippen LogP contribution in [0.1, 0.15) is 66.5 Å². The van der Waals surface area contributed by atoms with Crippen molar-refractivity contribution in [3.8, 4) is 5.75 Å². The first-order valence-electron chi connectivity index (χ1n) is 11.8. The molecular weight excluding hydrogens is 434 g/mol. The van der Waals surface area contributed by atoms with Gasteiger partial charge in [-0.25, -0.2) is 4.79 Å². The number of ether oxygens (including phenoxy) is 2. The summed E-state index contributed by atoms with van der Waals surface area (Å²) in [4.78, 5) is 12.3. The molecule has 1 amide bonds. The summed E-state index contributed by atoms with van der Waals surface area (Å²) >= 11 is 6.31. The monoisotopic (exact) mass is 473 g/mol. The fourth-order valence-electron chi connectivity index (χ4n) is 3.92. The summed E-state index contributed by atoms with van der Waals surface area (Å²) in [6, 6.07) is 16.1. The molecule has 0 saturated heterocycles. The Morgan fingerprint density at radius 2 is 1.64 bits per heavy atom. The zero-order chi connectivity index (χ0) is 24.8. The predicted octanol–water partition coefficient (Wildman–Crippen LogP) is 7.52. The number of benzene rings is 2. The van der Waals surface area contributed by atoms with Gasteiger partial charge >= 0.3 is 6.09 Å². The highest BCUT2D eigenvalue weighted by molar-refractivity contribution is 6.30. The fourth-order valence-corrected chi connectivity index (χ4v) is 4.12. The van der Waals surface area contributed by atoms with Crippen LogP contribution in [0.2, 0.25) is 5.02 Å². The van der Waals surface area contributed by atoms with Gasteiger partial charge in [-0.3, -0.25) is 0 Å². The van der Waals surface area contributed by atoms with Gasteiger partial charge in [0.1, 0.15) is 11.4 Å². The SMILES string of the molecule is CC(Oc1ccc(Cl)cc1Cc1ccccc1)C(C)C(C)(CNC(=O)OC(C)(C)C)C(C)C. The van der Waals surface area contributed by atoms with E-state index in [2.05, 4.69) is 52.1 Å². The first kappa shape index (κ1) is 27.0. The number of halogens is 1. The van der Waals surface area contributed by atoms with E-state index in [-0.39, 0.29) is 17.4 Å². The van der Waals surface area contributed by atoms with Crippen LogP contribution in [0.4, 0.5) is 4.79 Å². The van der Waals surface area contributed by atoms with E-state index in [0.717, 1.165) is 17.7 Å². The molecule has 2 aromatic carbocycles. The van der Waals surface area contributed by atoms with Gasteiger partial charge < -0.3 is 14.8 Å². The first-order valence-corrected chi connectivity index (χ1v) is 12.2. The number of nitrogens with one attached hydrogen (secondary N) is 1. The molecule has 5 heteroatoms. The summed E-state index contributed by atoms with van der Waals surface area (Å²) in [5.41, 5.74) is 1.55. The van der Waals surface area contributed by atoms with Crippen LogP contribution in [0, 0.1) is 17.3 Å². The van der Waals surface area contributed by atoms with Crippen molar-refractivity contribution >= 4 is 17.7 Å². The van der Waals surface area contributed by atoms with Gasteiger partial charge in [0.2, 0.25) is 0 Å². The molecule has 1 N–H and O–H groups in total. The van der Waals surface area contributed by atoms with E-state index in [4.69, 9.17) is 21.1 Å². The molecule has 0 aromatic heterocycles. The van der Waals surface area contributed by atoms with Crippen molar-refractivity contribution in [1.29, 1.82) is 0 Å². The van der Waals surface area contributed by atoms with E-state index in [1.165, 1.54) is 5.56 Å². The van der Waals surface area contributed by atoms with Gasteiger partial charge in [-0.05, 0) is 68.4 Å². The molecule has 182 valence electrons. The third-order valence-electron chi connectivity index (χ3n) is 6.65. The Morgan fingerprint density at radius 1 is 1.00 bits per heavy atom. The number of amides is 1. The lowest BCUT2D eigenvalue weighted by atomic mass is 9.68. The van der Waals surface area contributed by atoms with Crippen LogP contribution >= 0.6 is 11.6 Å². The topological polar surface area (TPSA) is 47.6 Å². The van der Waals surface area contributed by atoms with E-state index in [0.29, 0.717) is 17.5 Å². The Balaban J connectivity index is 2.16. The molecule has 0 aliphatic carbocycles. The van der Waals surface area contributed by atoms with Crippen molar-refractivity contribution in [3.05, 3.63) is 64.7 Å². The Bertz CT molecular complexity index is 907. The molecule has 0 saturated carbocycles. The van der Waals surface area contributed by atoms with Crippen LogP contribution in [-0.4, -0.2) is 24.3 Å². The summed E-state index contributed by atoms with van der Waals surface area (Å²) in [6.45, 7) is 17.0. The van der Waals surface area contributed by atoms with Crippen molar-refractivity contribution in [2.75, 3.05) is 6.54 Å². The number of hydrogen-bond donors (Lipinski definition) is 1. The number of hydrogen-bond acceptors (Lipinski definition) is 3. The van der Waals surface area contributed by atoms with Crippen molar-refractivity contribution in [1.82, 2.24) is 5.32 Å². The minimum Gasteiger partial charge on any atom is -0.490 e. The van der Waals surface area contributed by atoms with Crippen LogP contribution in [0.5, 0.6) is 5.75 Å². The smallest absolute Gasteiger partial charge is 0.407 e. The normalized spacial score (nSPS) is 15.5. The molecule has 33 heavy (non-hydrogen) atoms. The van der Waals surface area contributed by atoms with E-state index >= 15 is 0 Å². The molecular formula is C28H40ClNO3. The second kappa shape index (κ2) is 11.3. The van der Waals surface area contributed by atoms with Crippen molar-refractivity contribution < 1.29 is 14.3 Å². The lowest BCUT2D eigenvalue weighted by Gasteiger charge is -2.42. The highest BCUT2D eigenvalue weighted by Crippen LogP contribution is 2.39. The van der Waals surface area contributed by atoms with Crippen molar-refractivity contribution in [3.63, 3.8) is 0 Å². The number of carbonyl (C=O) groups excluding carboxylic acids is 1. The molecule has 0 fully saturated rings. The Morgan fingerprint density at radius 3 is 2.21 bits per heavy atom. The number of rotatable bonds is 9. The molecule has 2 aromatic rings. The average molecular weight is 474 g/mol. The minimum absolute atomic E-state index is 0.0754. The third kappa shape index (κ3) is 7.96. The van der Waals surface area contributed by atoms with Gasteiger partial charge in [0.25, 0.3) is 0 Å². The number of alkyl carbamates (subject to hydrolysis) is 1. The maximum atomic E-state index is 12.3. The lowest BCUT2D eigenvalue weighted by Crippen LogP contribution is -2.48. The Kier molecular flexibility index (Phi) is 9.25. The summed E-state index contributed by atoms with van der Waals surface area (Å²) in [5, 5.41) is 3.67. The maximum absolute atomic E-state index is 12.3. The van der Waals surface area contributed by atoms with Gasteiger partial charge in [0, 0.05) is 23.9 Å². The van der Waals surface area contributed by atoms with Crippen LogP contribution in [0.25, 0.3) is 0 Å². The van der Waals surface area contributed by atoms with Gasteiger partial charge in [0.15, 0.2) is 0 Å². The zero-order valence-corrected chi connectivity index (χ0v) is 22.1. The zero-order valence-electron chi connectivity index (χ0n) is 21.4. The molecule has 0 spiro atoms. The second-order valence-electron chi connectivity index (χ2n) is 10.5. The van der Waals surface area contributed by atoms with Crippen molar-refractivity contribution in [2.24, 2.45) is 17.3 Å². The predicted molar refractivity (Wildman–Crippen MR) is 137 cm³/mol. The highest BCUT2D eigenvalue weighted by atomic mass is 35.5. The van der Waals surface area contributed by atoms with Gasteiger partial charge in [-0.2, -0.15) is 0 Å². The van der Waals surface area contributed by atoms with Gasteiger partial charge in [-0.15, -0.1) is 0 Å². The Hall–Kier alpha value is -2.20. The summed E-state index contributed by atoms with van der Waals surface area (Å²) in [5.74, 6) is 1.32. The second-order valence-corrected chi connectivity index (χ2v) is 11.0. The van der Waals surface area contributed by atoms with Crippen LogP contribution < -0.4 is 10.1 Å². The summed E-state index contributed by atoms with van der Waals surface area (Å²) in [6.07, 6.45) is 0.283. The molecule has 3 unspecified atom stereocenters. The standard InChI is InChI=1S/C28H40ClNO3/c1-19(2)28(8,18-30-26(31)33-27(5,6)7)20(3)21(4)32-25-15-14-24(29)17-23(25)16-22-12-10-9-11-13-22/h9-15,17,19-21H,16,18H2,1-8H3,(H,30,31). The first-order chi connectivity index (χ1) is 15.3. The molecule has 0 aliphatic rings. The van der Waals surface area contributed by atoms with Crippen LogP contribution in [0.3, 0.4) is 0 Å². The summed E-state index contributed by atoms with van der Waals surface area (Å²) < 4.78 is 12.0. The summed E-state index contributed by atoms with van der Waals surface area (Å²) in [7, 11) is 0. The molecule has 4 nitrogen and oxygen atoms in total. The Labute approximate surface area is 205 Å². The number of carbonyl (C=O) groups is 1. The van der Waals surface area contributed by atoms with E-state index in [1.54, 1.807) is 0 Å². The van der Waals surface area contributed by atoms with Gasteiger partial charge in [-0.1, -0.05) is 69.6 Å². The van der Waals surface area contributed by atoms with E-state index < -0.39 is 11.7 Å². The highest BCUT2D eigenvalue weighted by Gasteiger charge is 2.39. The molecule has 0 heterocycles. The lowest BCUT2D eigenvalue weighted by molar-refractivity contribution is 0.0211. The van der Waals surface area contributed by atoms with Crippen LogP contribution in [-0.2, 0) is 11.2 Å². The van der Waals surface area contributed by atoms with E-state index in [9.17, 15) is 4.79 Å². The average Bonchev–Trinajstić information content (AvgIpc) is 2.72. The molecule has 0 aliphatic heterocycles. The van der Waals surface area contributed by atoms with Gasteiger partial charge in [0.05, 0.1) is 6.10 Å². The van der Waals surface area contributed by atoms with Crippen LogP contribution in [0.15, 0.2) is 48.5 Å². The quantitative estimate of drug-likeness (QED) is 0.409. The van der Waals surface area contributed by atoms with Crippen molar-refractivity contribution in [2.45, 2.75) is 73.5 Å². The van der Waals surface area contributed by atoms with E-state index in [1.807, 2.05) is 57.2 Å². The largest absolute Gasteiger partial charge is 0.490 e. The molecule has 3 atom stereocenters.